The number of rotatable bonds is 25. The second-order valence-corrected chi connectivity index (χ2v) is 15.3. The van der Waals surface area contributed by atoms with Gasteiger partial charge in [0.15, 0.2) is 0 Å². The monoisotopic (exact) mass is 875 g/mol. The third-order valence-electron chi connectivity index (χ3n) is 9.33. The summed E-state index contributed by atoms with van der Waals surface area (Å²) in [5.74, 6) is -5.42. The van der Waals surface area contributed by atoms with Crippen LogP contribution in [0.2, 0.25) is 0 Å². The Hall–Kier alpha value is -6.27. The van der Waals surface area contributed by atoms with Crippen molar-refractivity contribution in [1.29, 1.82) is 0 Å². The van der Waals surface area contributed by atoms with Gasteiger partial charge in [0, 0.05) is 48.7 Å². The predicted octanol–water partition coefficient (Wildman–Crippen LogP) is 3.02. The Morgan fingerprint density at radius 1 is 0.770 bits per heavy atom. The predicted molar refractivity (Wildman–Crippen MR) is 231 cm³/mol. The summed E-state index contributed by atoms with van der Waals surface area (Å²) in [5.41, 5.74) is 8.50. The molecule has 0 aliphatic heterocycles. The fraction of sp³-hybridized carbons (Fsp3) is 0.357. The number of hydrogen-bond donors (Lipinski definition) is 7. The Labute approximate surface area is 362 Å². The number of carboxylic acid groups (broad SMARTS) is 1. The zero-order valence-corrected chi connectivity index (χ0v) is 35.1. The topological polar surface area (TPSA) is 258 Å². The zero-order chi connectivity index (χ0) is 44.1. The molecule has 4 aromatic rings. The fourth-order valence-corrected chi connectivity index (χ4v) is 6.76. The lowest BCUT2D eigenvalue weighted by Crippen LogP contribution is -2.59. The number of nitrogens with two attached hydrogens (primary N) is 1. The van der Waals surface area contributed by atoms with E-state index in [1.54, 1.807) is 42.8 Å². The van der Waals surface area contributed by atoms with E-state index in [9.17, 15) is 38.7 Å². The molecule has 1 aromatic heterocycles. The molecule has 324 valence electrons. The van der Waals surface area contributed by atoms with Crippen LogP contribution in [0.15, 0.2) is 101 Å². The van der Waals surface area contributed by atoms with E-state index < -0.39 is 72.0 Å². The number of nitrogens with one attached hydrogen (secondary N) is 5. The molecule has 4 rings (SSSR count). The molecule has 19 heteroatoms. The lowest BCUT2D eigenvalue weighted by Gasteiger charge is -2.26. The fourth-order valence-electron chi connectivity index (χ4n) is 6.21. The van der Waals surface area contributed by atoms with Crippen LogP contribution in [-0.4, -0.2) is 105 Å². The highest BCUT2D eigenvalue weighted by molar-refractivity contribution is 7.98. The minimum atomic E-state index is -1.65. The number of halogens is 1. The van der Waals surface area contributed by atoms with E-state index >= 15 is 0 Å². The summed E-state index contributed by atoms with van der Waals surface area (Å²) in [6.45, 7) is 0.283. The van der Waals surface area contributed by atoms with Crippen molar-refractivity contribution in [2.75, 3.05) is 24.4 Å². The number of fused-ring (bicyclic) bond motifs is 1. The molecule has 61 heavy (non-hydrogen) atoms. The van der Waals surface area contributed by atoms with Crippen LogP contribution in [0.1, 0.15) is 42.4 Å². The molecule has 0 spiro atoms. The van der Waals surface area contributed by atoms with Crippen LogP contribution in [-0.2, 0) is 52.9 Å². The minimum Gasteiger partial charge on any atom is -0.481 e. The van der Waals surface area contributed by atoms with Gasteiger partial charge in [0.2, 0.25) is 35.4 Å². The summed E-state index contributed by atoms with van der Waals surface area (Å²) in [6.07, 6.45) is 2.14. The van der Waals surface area contributed by atoms with Gasteiger partial charge < -0.3 is 37.1 Å². The molecule has 0 saturated heterocycles. The Morgan fingerprint density at radius 2 is 1.38 bits per heavy atom. The van der Waals surface area contributed by atoms with Crippen LogP contribution >= 0.6 is 23.4 Å². The summed E-state index contributed by atoms with van der Waals surface area (Å²) in [6, 6.07) is 19.8. The van der Waals surface area contributed by atoms with Gasteiger partial charge in [-0.25, -0.2) is 5.01 Å². The molecule has 3 aromatic carbocycles. The van der Waals surface area contributed by atoms with E-state index in [1.165, 1.54) is 11.8 Å². The first-order chi connectivity index (χ1) is 29.4. The van der Waals surface area contributed by atoms with Gasteiger partial charge in [0.1, 0.15) is 24.2 Å². The standard InChI is InChI=1S/C42H50ClN9O8S/c1-61-21-18-32(40(58)50-35(24-38(55)56)42(60)49-33(39(44)57)22-27-10-4-2-5-11-27)48-41(59)34(23-29-25-45-31-15-9-8-14-30(29)31)47-36(53)16-17-37(54)52(51-46-20-19-43)26-28-12-6-3-7-13-28/h2-15,25,32-35,45H,16-24,26H2,1H3,(H2,44,57)(H,47,53)(H,48,59)(H,49,60)(H,50,58)(H,55,56)/t32-,33-,34-,35-/m0/s1. The van der Waals surface area contributed by atoms with Crippen LogP contribution in [0.3, 0.4) is 0 Å². The van der Waals surface area contributed by atoms with E-state index in [-0.39, 0.29) is 51.1 Å². The quantitative estimate of drug-likeness (QED) is 0.0293. The average Bonchev–Trinajstić information content (AvgIpc) is 3.66. The molecule has 8 N–H and O–H groups in total. The van der Waals surface area contributed by atoms with E-state index in [0.717, 1.165) is 21.5 Å². The van der Waals surface area contributed by atoms with Crippen molar-refractivity contribution in [2.24, 2.45) is 16.1 Å². The number of aliphatic carboxylic acids is 1. The molecule has 1 heterocycles. The minimum absolute atomic E-state index is 0.0147. The van der Waals surface area contributed by atoms with Gasteiger partial charge in [-0.3, -0.25) is 33.6 Å². The number of primary amides is 1. The molecule has 0 fully saturated rings. The van der Waals surface area contributed by atoms with Crippen LogP contribution in [0.25, 0.3) is 10.9 Å². The van der Waals surface area contributed by atoms with Crippen molar-refractivity contribution in [3.8, 4) is 0 Å². The first kappa shape index (κ1) is 47.4. The number of thioether (sulfide) groups is 1. The van der Waals surface area contributed by atoms with Crippen molar-refractivity contribution in [1.82, 2.24) is 31.3 Å². The maximum atomic E-state index is 14.1. The zero-order valence-electron chi connectivity index (χ0n) is 33.6. The van der Waals surface area contributed by atoms with Crippen molar-refractivity contribution < 1.29 is 38.7 Å². The molecule has 0 unspecified atom stereocenters. The third kappa shape index (κ3) is 15.7. The van der Waals surface area contributed by atoms with Crippen molar-refractivity contribution in [3.05, 3.63) is 108 Å². The average molecular weight is 876 g/mol. The first-order valence-corrected chi connectivity index (χ1v) is 21.4. The second kappa shape index (κ2) is 24.7. The number of H-pyrrole nitrogens is 1. The summed E-state index contributed by atoms with van der Waals surface area (Å²) < 4.78 is 0. The lowest BCUT2D eigenvalue weighted by atomic mass is 10.0. The largest absolute Gasteiger partial charge is 0.481 e. The molecule has 6 amide bonds. The Balaban J connectivity index is 1.51. The highest BCUT2D eigenvalue weighted by Crippen LogP contribution is 2.20. The summed E-state index contributed by atoms with van der Waals surface area (Å²) in [4.78, 5) is 95.5. The smallest absolute Gasteiger partial charge is 0.305 e. The molecule has 4 atom stereocenters. The number of carbonyl (C=O) groups excluding carboxylic acids is 6. The van der Waals surface area contributed by atoms with Crippen LogP contribution in [0, 0.1) is 0 Å². The number of aromatic amines is 1. The number of benzene rings is 3. The van der Waals surface area contributed by atoms with Gasteiger partial charge in [-0.15, -0.1) is 11.6 Å². The number of carboxylic acids is 1. The SMILES string of the molecule is CSCC[C@H](NC(=O)[C@H](Cc1c[nH]c2ccccc12)NC(=O)CCC(=O)N(Cc1ccccc1)N=NCCCl)C(=O)N[C@@H](CC(=O)O)C(=O)N[C@@H](Cc1ccccc1)C(N)=O. The normalized spacial score (nSPS) is 13.1. The summed E-state index contributed by atoms with van der Waals surface area (Å²) in [7, 11) is 0. The van der Waals surface area contributed by atoms with E-state index in [2.05, 4.69) is 36.6 Å². The van der Waals surface area contributed by atoms with E-state index in [1.807, 2.05) is 54.6 Å². The number of aromatic nitrogens is 1. The van der Waals surface area contributed by atoms with Crippen molar-refractivity contribution in [2.45, 2.75) is 69.2 Å². The molecular formula is C42H50ClN9O8S. The summed E-state index contributed by atoms with van der Waals surface area (Å²) >= 11 is 7.12. The second-order valence-electron chi connectivity index (χ2n) is 13.9. The van der Waals surface area contributed by atoms with Gasteiger partial charge in [-0.05, 0) is 41.2 Å². The maximum absolute atomic E-state index is 14.1. The van der Waals surface area contributed by atoms with Gasteiger partial charge in [-0.1, -0.05) is 84.1 Å². The number of hydrogen-bond acceptors (Lipinski definition) is 10. The van der Waals surface area contributed by atoms with Crippen LogP contribution in [0.4, 0.5) is 0 Å². The molecular weight excluding hydrogens is 826 g/mol. The van der Waals surface area contributed by atoms with Crippen molar-refractivity contribution >= 4 is 75.7 Å². The summed E-state index contributed by atoms with van der Waals surface area (Å²) in [5, 5.41) is 29.9. The molecule has 17 nitrogen and oxygen atoms in total. The number of nitrogens with zero attached hydrogens (tertiary/aromatic N) is 3. The number of amides is 6. The third-order valence-corrected chi connectivity index (χ3v) is 10.1. The van der Waals surface area contributed by atoms with Gasteiger partial charge >= 0.3 is 5.97 Å². The first-order valence-electron chi connectivity index (χ1n) is 19.5. The van der Waals surface area contributed by atoms with Gasteiger partial charge in [0.05, 0.1) is 19.5 Å². The van der Waals surface area contributed by atoms with E-state index in [4.69, 9.17) is 17.3 Å². The maximum Gasteiger partial charge on any atom is 0.305 e. The molecule has 0 aliphatic carbocycles. The van der Waals surface area contributed by atoms with E-state index in [0.29, 0.717) is 16.9 Å². The lowest BCUT2D eigenvalue weighted by molar-refractivity contribution is -0.141. The Bertz CT molecular complexity index is 2140. The van der Waals surface area contributed by atoms with Crippen LogP contribution in [0.5, 0.6) is 0 Å². The van der Waals surface area contributed by atoms with Crippen molar-refractivity contribution in [3.63, 3.8) is 0 Å². The number of para-hydroxylation sites is 1. The van der Waals surface area contributed by atoms with Crippen LogP contribution < -0.4 is 27.0 Å². The molecule has 0 bridgehead atoms. The Morgan fingerprint density at radius 3 is 2.03 bits per heavy atom. The van der Waals surface area contributed by atoms with Gasteiger partial charge in [-0.2, -0.15) is 16.9 Å². The number of alkyl halides is 1. The van der Waals surface area contributed by atoms with Gasteiger partial charge in [0.25, 0.3) is 0 Å². The Kier molecular flexibility index (Phi) is 19.2. The molecule has 0 radical (unpaired) electrons. The number of carbonyl (C=O) groups is 7. The molecule has 0 saturated carbocycles. The molecule has 0 aliphatic rings. The highest BCUT2D eigenvalue weighted by Gasteiger charge is 2.32. The highest BCUT2D eigenvalue weighted by atomic mass is 35.5.